The second kappa shape index (κ2) is 12.8. The van der Waals surface area contributed by atoms with Gasteiger partial charge in [0.05, 0.1) is 24.0 Å². The summed E-state index contributed by atoms with van der Waals surface area (Å²) in [5, 5.41) is 8.58. The molecule has 3 aromatic carbocycles. The van der Waals surface area contributed by atoms with E-state index in [0.717, 1.165) is 27.5 Å². The van der Waals surface area contributed by atoms with Crippen LogP contribution in [-0.4, -0.2) is 28.7 Å². The van der Waals surface area contributed by atoms with E-state index in [1.54, 1.807) is 12.1 Å². The van der Waals surface area contributed by atoms with Crippen LogP contribution in [0.15, 0.2) is 83.1 Å². The molecule has 0 aliphatic carbocycles. The summed E-state index contributed by atoms with van der Waals surface area (Å²) in [6, 6.07) is 22.4. The number of thioether (sulfide) groups is 1. The van der Waals surface area contributed by atoms with Gasteiger partial charge >= 0.3 is 0 Å². The maximum absolute atomic E-state index is 12.7. The van der Waals surface area contributed by atoms with Crippen LogP contribution in [0.1, 0.15) is 19.4 Å². The number of ether oxygens (including phenoxy) is 1. The molecule has 6 nitrogen and oxygen atoms in total. The van der Waals surface area contributed by atoms with Crippen LogP contribution in [-0.2, 0) is 16.0 Å². The number of halogens is 1. The van der Waals surface area contributed by atoms with Gasteiger partial charge in [-0.25, -0.2) is 4.98 Å². The van der Waals surface area contributed by atoms with Gasteiger partial charge in [0.25, 0.3) is 0 Å². The van der Waals surface area contributed by atoms with Gasteiger partial charge < -0.3 is 15.4 Å². The first-order valence-corrected chi connectivity index (χ1v) is 13.8. The van der Waals surface area contributed by atoms with E-state index in [9.17, 15) is 9.59 Å². The molecular weight excluding hydrogens is 526 g/mol. The molecule has 2 amide bonds. The van der Waals surface area contributed by atoms with E-state index in [2.05, 4.69) is 15.6 Å². The Labute approximate surface area is 229 Å². The summed E-state index contributed by atoms with van der Waals surface area (Å²) in [5.41, 5.74) is 3.35. The molecule has 0 saturated carbocycles. The van der Waals surface area contributed by atoms with Crippen LogP contribution < -0.4 is 15.4 Å². The van der Waals surface area contributed by atoms with Crippen molar-refractivity contribution in [2.75, 3.05) is 17.2 Å². The highest BCUT2D eigenvalue weighted by atomic mass is 35.5. The van der Waals surface area contributed by atoms with Crippen LogP contribution in [0.4, 0.5) is 10.8 Å². The smallest absolute Gasteiger partial charge is 0.239 e. The number of carbonyl (C=O) groups excluding carboxylic acids is 2. The Morgan fingerprint density at radius 3 is 2.38 bits per heavy atom. The van der Waals surface area contributed by atoms with Crippen LogP contribution in [0, 0.1) is 0 Å². The van der Waals surface area contributed by atoms with Crippen molar-refractivity contribution < 1.29 is 14.3 Å². The minimum Gasteiger partial charge on any atom is -0.494 e. The number of hydrogen-bond donors (Lipinski definition) is 2. The number of hydrogen-bond acceptors (Lipinski definition) is 6. The molecule has 4 rings (SSSR count). The van der Waals surface area contributed by atoms with Crippen LogP contribution in [0.25, 0.3) is 11.3 Å². The molecule has 1 heterocycles. The summed E-state index contributed by atoms with van der Waals surface area (Å²) in [5.74, 6) is 0.579. The Bertz CT molecular complexity index is 1340. The lowest BCUT2D eigenvalue weighted by Crippen LogP contribution is -2.22. The van der Waals surface area contributed by atoms with Crippen molar-refractivity contribution in [3.05, 3.63) is 88.8 Å². The minimum absolute atomic E-state index is 0.108. The molecule has 1 aromatic heterocycles. The molecule has 0 radical (unpaired) electrons. The summed E-state index contributed by atoms with van der Waals surface area (Å²) in [6.07, 6.45) is 0.266. The van der Waals surface area contributed by atoms with E-state index in [4.69, 9.17) is 16.3 Å². The summed E-state index contributed by atoms with van der Waals surface area (Å²) < 4.78 is 5.48. The van der Waals surface area contributed by atoms with Crippen molar-refractivity contribution in [3.8, 4) is 17.0 Å². The van der Waals surface area contributed by atoms with Crippen molar-refractivity contribution >= 4 is 57.3 Å². The van der Waals surface area contributed by atoms with E-state index in [-0.39, 0.29) is 23.5 Å². The molecule has 1 unspecified atom stereocenters. The number of nitrogens with zero attached hydrogens (tertiary/aromatic N) is 1. The van der Waals surface area contributed by atoms with E-state index < -0.39 is 0 Å². The van der Waals surface area contributed by atoms with Gasteiger partial charge in [-0.3, -0.25) is 9.59 Å². The molecule has 0 spiro atoms. The fourth-order valence-corrected chi connectivity index (χ4v) is 5.14. The summed E-state index contributed by atoms with van der Waals surface area (Å²) in [4.78, 5) is 30.5. The van der Waals surface area contributed by atoms with E-state index in [1.807, 2.05) is 79.9 Å². The van der Waals surface area contributed by atoms with E-state index in [1.165, 1.54) is 23.1 Å². The first kappa shape index (κ1) is 26.7. The van der Waals surface area contributed by atoms with Crippen molar-refractivity contribution in [3.63, 3.8) is 0 Å². The zero-order chi connectivity index (χ0) is 26.2. The van der Waals surface area contributed by atoms with Gasteiger partial charge in [0.2, 0.25) is 11.8 Å². The molecule has 0 saturated heterocycles. The van der Waals surface area contributed by atoms with E-state index in [0.29, 0.717) is 22.4 Å². The number of nitrogens with one attached hydrogen (secondary N) is 2. The number of thiazole rings is 1. The molecule has 1 atom stereocenters. The lowest BCUT2D eigenvalue weighted by molar-refractivity contribution is -0.116. The van der Waals surface area contributed by atoms with Crippen molar-refractivity contribution in [2.24, 2.45) is 0 Å². The average molecular weight is 552 g/mol. The zero-order valence-electron chi connectivity index (χ0n) is 20.4. The predicted octanol–water partition coefficient (Wildman–Crippen LogP) is 7.16. The van der Waals surface area contributed by atoms with Crippen molar-refractivity contribution in [1.82, 2.24) is 4.98 Å². The number of amides is 2. The standard InChI is InChI=1S/C28H26ClN3O3S2/c1-3-35-23-12-6-20(7-13-23)25-17-36-28(31-25)32-27(34)18(2)37-24-14-10-22(11-15-24)30-26(33)16-19-4-8-21(29)9-5-19/h4-15,17-18H,3,16H2,1-2H3,(H,30,33)(H,31,32,34). The average Bonchev–Trinajstić information content (AvgIpc) is 3.35. The largest absolute Gasteiger partial charge is 0.494 e. The first-order valence-electron chi connectivity index (χ1n) is 11.7. The number of carbonyl (C=O) groups is 2. The zero-order valence-corrected chi connectivity index (χ0v) is 22.8. The summed E-state index contributed by atoms with van der Waals surface area (Å²) in [6.45, 7) is 4.42. The molecule has 190 valence electrons. The summed E-state index contributed by atoms with van der Waals surface area (Å²) >= 11 is 8.72. The fraction of sp³-hybridized carbons (Fsp3) is 0.179. The highest BCUT2D eigenvalue weighted by molar-refractivity contribution is 8.00. The Morgan fingerprint density at radius 2 is 1.70 bits per heavy atom. The van der Waals surface area contributed by atoms with Crippen molar-refractivity contribution in [2.45, 2.75) is 30.4 Å². The van der Waals surface area contributed by atoms with Gasteiger partial charge in [-0.15, -0.1) is 23.1 Å². The Kier molecular flexibility index (Phi) is 9.22. The third-order valence-electron chi connectivity index (χ3n) is 5.29. The number of rotatable bonds is 10. The van der Waals surface area contributed by atoms with Gasteiger partial charge in [0.1, 0.15) is 5.75 Å². The third kappa shape index (κ3) is 7.82. The van der Waals surface area contributed by atoms with Crippen LogP contribution in [0.2, 0.25) is 5.02 Å². The molecule has 0 bridgehead atoms. The molecule has 2 N–H and O–H groups in total. The van der Waals surface area contributed by atoms with E-state index >= 15 is 0 Å². The second-order valence-corrected chi connectivity index (χ2v) is 10.8. The Balaban J connectivity index is 1.27. The highest BCUT2D eigenvalue weighted by Crippen LogP contribution is 2.29. The van der Waals surface area contributed by atoms with Crippen molar-refractivity contribution in [1.29, 1.82) is 0 Å². The monoisotopic (exact) mass is 551 g/mol. The molecule has 9 heteroatoms. The van der Waals surface area contributed by atoms with Crippen LogP contribution in [0.5, 0.6) is 5.75 Å². The summed E-state index contributed by atoms with van der Waals surface area (Å²) in [7, 11) is 0. The quantitative estimate of drug-likeness (QED) is 0.204. The lowest BCUT2D eigenvalue weighted by Gasteiger charge is -2.11. The minimum atomic E-state index is -0.330. The van der Waals surface area contributed by atoms with Gasteiger partial charge in [0, 0.05) is 26.5 Å². The van der Waals surface area contributed by atoms with Gasteiger partial charge in [-0.1, -0.05) is 23.7 Å². The topological polar surface area (TPSA) is 80.3 Å². The molecule has 4 aromatic rings. The normalized spacial score (nSPS) is 11.5. The molecule has 0 aliphatic rings. The number of anilines is 2. The van der Waals surface area contributed by atoms with Gasteiger partial charge in [-0.05, 0) is 80.1 Å². The fourth-order valence-electron chi connectivity index (χ4n) is 3.43. The molecular formula is C28H26ClN3O3S2. The Hall–Kier alpha value is -3.33. The molecule has 0 aliphatic heterocycles. The highest BCUT2D eigenvalue weighted by Gasteiger charge is 2.17. The molecule has 0 fully saturated rings. The maximum Gasteiger partial charge on any atom is 0.239 e. The SMILES string of the molecule is CCOc1ccc(-c2csc(NC(=O)C(C)Sc3ccc(NC(=O)Cc4ccc(Cl)cc4)cc3)n2)cc1. The second-order valence-electron chi connectivity index (χ2n) is 8.12. The molecule has 37 heavy (non-hydrogen) atoms. The number of aromatic nitrogens is 1. The third-order valence-corrected chi connectivity index (χ3v) is 7.42. The van der Waals surface area contributed by atoms with Gasteiger partial charge in [0.15, 0.2) is 5.13 Å². The Morgan fingerprint density at radius 1 is 1.00 bits per heavy atom. The van der Waals surface area contributed by atoms with Crippen LogP contribution in [0.3, 0.4) is 0 Å². The maximum atomic E-state index is 12.7. The predicted molar refractivity (Wildman–Crippen MR) is 153 cm³/mol. The van der Waals surface area contributed by atoms with Gasteiger partial charge in [-0.2, -0.15) is 0 Å². The lowest BCUT2D eigenvalue weighted by atomic mass is 10.1. The van der Waals surface area contributed by atoms with Crippen LogP contribution >= 0.6 is 34.7 Å². The first-order chi connectivity index (χ1) is 17.9. The number of benzene rings is 3.